The van der Waals surface area contributed by atoms with Gasteiger partial charge in [0.25, 0.3) is 0 Å². The minimum absolute atomic E-state index is 0. The molecule has 0 aromatic heterocycles. The quantitative estimate of drug-likeness (QED) is 0.208. The van der Waals surface area contributed by atoms with Crippen molar-refractivity contribution in [3.05, 3.63) is 0 Å². The highest BCUT2D eigenvalue weighted by Crippen LogP contribution is 2.05. The second-order valence-corrected chi connectivity index (χ2v) is 6.65. The van der Waals surface area contributed by atoms with Crippen molar-refractivity contribution < 1.29 is 9.53 Å². The van der Waals surface area contributed by atoms with E-state index in [-0.39, 0.29) is 24.0 Å². The van der Waals surface area contributed by atoms with Crippen LogP contribution in [0.1, 0.15) is 48.5 Å². The van der Waals surface area contributed by atoms with E-state index in [0.717, 1.165) is 32.1 Å². The van der Waals surface area contributed by atoms with E-state index >= 15 is 0 Å². The van der Waals surface area contributed by atoms with Gasteiger partial charge in [-0.1, -0.05) is 13.8 Å². The molecule has 0 saturated carbocycles. The van der Waals surface area contributed by atoms with E-state index in [4.69, 9.17) is 4.74 Å². The molecular weight excluding hydrogens is 433 g/mol. The highest BCUT2D eigenvalue weighted by atomic mass is 127. The van der Waals surface area contributed by atoms with Crippen LogP contribution in [0, 0.1) is 0 Å². The first-order chi connectivity index (χ1) is 11.2. The Balaban J connectivity index is 0. The van der Waals surface area contributed by atoms with Gasteiger partial charge in [0.15, 0.2) is 5.96 Å². The third-order valence-electron chi connectivity index (χ3n) is 3.38. The maximum atomic E-state index is 11.6. The zero-order chi connectivity index (χ0) is 18.6. The number of guanidine groups is 1. The summed E-state index contributed by atoms with van der Waals surface area (Å²) in [5, 5.41) is 9.16. The third-order valence-corrected chi connectivity index (χ3v) is 3.38. The predicted molar refractivity (Wildman–Crippen MR) is 116 cm³/mol. The van der Waals surface area contributed by atoms with Gasteiger partial charge in [-0.15, -0.1) is 24.0 Å². The molecule has 7 nitrogen and oxygen atoms in total. The molecule has 1 unspecified atom stereocenters. The number of hydrogen-bond donors (Lipinski definition) is 3. The summed E-state index contributed by atoms with van der Waals surface area (Å²) in [6, 6.07) is 0.398. The maximum absolute atomic E-state index is 11.6. The number of carbonyl (C=O) groups excluding carboxylic acids is 1. The van der Waals surface area contributed by atoms with Crippen LogP contribution >= 0.6 is 24.0 Å². The smallest absolute Gasteiger partial charge is 0.407 e. The van der Waals surface area contributed by atoms with E-state index in [9.17, 15) is 4.79 Å². The lowest BCUT2D eigenvalue weighted by atomic mass is 10.2. The summed E-state index contributed by atoms with van der Waals surface area (Å²) < 4.78 is 5.19. The summed E-state index contributed by atoms with van der Waals surface area (Å²) in [5.41, 5.74) is -0.478. The fourth-order valence-corrected chi connectivity index (χ4v) is 2.19. The monoisotopic (exact) mass is 471 g/mol. The van der Waals surface area contributed by atoms with Crippen LogP contribution in [0.15, 0.2) is 4.99 Å². The molecule has 25 heavy (non-hydrogen) atoms. The van der Waals surface area contributed by atoms with Crippen LogP contribution < -0.4 is 16.0 Å². The maximum Gasteiger partial charge on any atom is 0.407 e. The standard InChI is InChI=1S/C17H37N5O2.HI/c1-8-18-15(21-13-14(4)22(9-2)10-3)19-11-12-20-16(23)24-17(5,6)7;/h14H,8-13H2,1-7H3,(H,20,23)(H2,18,19,21);1H. The second-order valence-electron chi connectivity index (χ2n) is 6.65. The van der Waals surface area contributed by atoms with E-state index in [1.165, 1.54) is 0 Å². The molecule has 150 valence electrons. The molecule has 0 saturated heterocycles. The van der Waals surface area contributed by atoms with Crippen LogP contribution in [0.2, 0.25) is 0 Å². The third kappa shape index (κ3) is 14.1. The van der Waals surface area contributed by atoms with Crippen molar-refractivity contribution in [2.24, 2.45) is 4.99 Å². The molecule has 3 N–H and O–H groups in total. The molecule has 0 aliphatic rings. The molecule has 0 aliphatic carbocycles. The van der Waals surface area contributed by atoms with Gasteiger partial charge in [-0.2, -0.15) is 0 Å². The fourth-order valence-electron chi connectivity index (χ4n) is 2.19. The molecule has 0 aliphatic heterocycles. The van der Waals surface area contributed by atoms with Crippen LogP contribution in [0.25, 0.3) is 0 Å². The molecule has 0 fully saturated rings. The number of rotatable bonds is 9. The van der Waals surface area contributed by atoms with E-state index in [2.05, 4.69) is 46.6 Å². The van der Waals surface area contributed by atoms with Gasteiger partial charge >= 0.3 is 6.09 Å². The summed E-state index contributed by atoms with van der Waals surface area (Å²) in [7, 11) is 0. The zero-order valence-corrected chi connectivity index (χ0v) is 19.3. The number of nitrogens with one attached hydrogen (secondary N) is 3. The lowest BCUT2D eigenvalue weighted by Gasteiger charge is -2.25. The van der Waals surface area contributed by atoms with Crippen molar-refractivity contribution in [3.63, 3.8) is 0 Å². The zero-order valence-electron chi connectivity index (χ0n) is 16.9. The topological polar surface area (TPSA) is 78.0 Å². The van der Waals surface area contributed by atoms with Crippen molar-refractivity contribution >= 4 is 36.0 Å². The Morgan fingerprint density at radius 1 is 1.08 bits per heavy atom. The van der Waals surface area contributed by atoms with Gasteiger partial charge in [0.1, 0.15) is 5.60 Å². The minimum atomic E-state index is -0.478. The van der Waals surface area contributed by atoms with Crippen molar-refractivity contribution in [1.82, 2.24) is 20.9 Å². The predicted octanol–water partition coefficient (Wildman–Crippen LogP) is 2.41. The van der Waals surface area contributed by atoms with Gasteiger partial charge < -0.3 is 20.7 Å². The Morgan fingerprint density at radius 2 is 1.64 bits per heavy atom. The molecule has 8 heteroatoms. The van der Waals surface area contributed by atoms with Gasteiger partial charge in [-0.25, -0.2) is 4.79 Å². The Bertz CT molecular complexity index is 382. The van der Waals surface area contributed by atoms with Crippen LogP contribution in [-0.2, 0) is 4.74 Å². The van der Waals surface area contributed by atoms with E-state index in [1.54, 1.807) is 0 Å². The van der Waals surface area contributed by atoms with Crippen LogP contribution in [-0.4, -0.2) is 67.9 Å². The number of aliphatic imine (C=N–C) groups is 1. The molecule has 0 aromatic carbocycles. The van der Waals surface area contributed by atoms with Gasteiger partial charge in [0.05, 0.1) is 6.54 Å². The molecule has 0 rings (SSSR count). The van der Waals surface area contributed by atoms with E-state index < -0.39 is 11.7 Å². The number of likely N-dealkylation sites (N-methyl/N-ethyl adjacent to an activating group) is 1. The summed E-state index contributed by atoms with van der Waals surface area (Å²) in [5.74, 6) is 0.766. The number of ether oxygens (including phenoxy) is 1. The Morgan fingerprint density at radius 3 is 2.12 bits per heavy atom. The molecule has 0 spiro atoms. The van der Waals surface area contributed by atoms with E-state index in [0.29, 0.717) is 19.1 Å². The lowest BCUT2D eigenvalue weighted by molar-refractivity contribution is 0.0529. The number of carbonyl (C=O) groups is 1. The van der Waals surface area contributed by atoms with Crippen molar-refractivity contribution in [3.8, 4) is 0 Å². The number of nitrogens with zero attached hydrogens (tertiary/aromatic N) is 2. The average Bonchev–Trinajstić information content (AvgIpc) is 2.48. The van der Waals surface area contributed by atoms with Gasteiger partial charge in [-0.3, -0.25) is 9.89 Å². The SMILES string of the molecule is CCNC(=NCC(C)N(CC)CC)NCCNC(=O)OC(C)(C)C.I. The minimum Gasteiger partial charge on any atom is -0.444 e. The lowest BCUT2D eigenvalue weighted by Crippen LogP contribution is -2.43. The number of hydrogen-bond acceptors (Lipinski definition) is 4. The average molecular weight is 471 g/mol. The normalized spacial score (nSPS) is 13.0. The molecule has 0 bridgehead atoms. The number of halogens is 1. The summed E-state index contributed by atoms with van der Waals surface area (Å²) in [4.78, 5) is 18.6. The van der Waals surface area contributed by atoms with Crippen molar-refractivity contribution in [1.29, 1.82) is 0 Å². The van der Waals surface area contributed by atoms with Gasteiger partial charge in [0, 0.05) is 25.7 Å². The summed E-state index contributed by atoms with van der Waals surface area (Å²) in [6.45, 7) is 18.7. The highest BCUT2D eigenvalue weighted by Gasteiger charge is 2.15. The first kappa shape index (κ1) is 26.5. The first-order valence-corrected chi connectivity index (χ1v) is 8.96. The number of amides is 1. The Kier molecular flexibility index (Phi) is 15.2. The Hall–Kier alpha value is -0.770. The van der Waals surface area contributed by atoms with Gasteiger partial charge in [0.2, 0.25) is 0 Å². The second kappa shape index (κ2) is 14.4. The number of alkyl carbamates (subject to hydrolysis) is 1. The van der Waals surface area contributed by atoms with Crippen LogP contribution in [0.3, 0.4) is 0 Å². The van der Waals surface area contributed by atoms with Crippen LogP contribution in [0.4, 0.5) is 4.79 Å². The highest BCUT2D eigenvalue weighted by molar-refractivity contribution is 14.0. The fraction of sp³-hybridized carbons (Fsp3) is 0.882. The molecule has 0 aromatic rings. The molecule has 0 heterocycles. The summed E-state index contributed by atoms with van der Waals surface area (Å²) in [6.07, 6.45) is -0.401. The first-order valence-electron chi connectivity index (χ1n) is 8.96. The van der Waals surface area contributed by atoms with E-state index in [1.807, 2.05) is 27.7 Å². The van der Waals surface area contributed by atoms with Crippen molar-refractivity contribution in [2.45, 2.75) is 60.1 Å². The summed E-state index contributed by atoms with van der Waals surface area (Å²) >= 11 is 0. The van der Waals surface area contributed by atoms with Crippen molar-refractivity contribution in [2.75, 3.05) is 39.3 Å². The molecular formula is C17H38IN5O2. The van der Waals surface area contributed by atoms with Crippen LogP contribution in [0.5, 0.6) is 0 Å². The largest absolute Gasteiger partial charge is 0.444 e. The van der Waals surface area contributed by atoms with Gasteiger partial charge in [-0.05, 0) is 47.7 Å². The molecule has 1 atom stereocenters. The molecule has 0 radical (unpaired) electrons. The molecule has 1 amide bonds. The Labute approximate surface area is 170 Å².